The number of alkyl halides is 1. The van der Waals surface area contributed by atoms with Crippen molar-refractivity contribution in [3.8, 4) is 0 Å². The van der Waals surface area contributed by atoms with Gasteiger partial charge < -0.3 is 8.83 Å². The van der Waals surface area contributed by atoms with Crippen LogP contribution in [0.3, 0.4) is 0 Å². The van der Waals surface area contributed by atoms with E-state index in [0.717, 1.165) is 16.5 Å². The lowest BCUT2D eigenvalue weighted by Crippen LogP contribution is -1.99. The van der Waals surface area contributed by atoms with Crippen LogP contribution in [-0.4, -0.2) is 4.98 Å². The summed E-state index contributed by atoms with van der Waals surface area (Å²) in [5.74, 6) is 0.829. The molecule has 0 radical (unpaired) electrons. The molecule has 0 fully saturated rings. The molecule has 5 heteroatoms. The summed E-state index contributed by atoms with van der Waals surface area (Å²) in [7, 11) is 0. The van der Waals surface area contributed by atoms with Crippen molar-refractivity contribution in [2.45, 2.75) is 12.8 Å². The summed E-state index contributed by atoms with van der Waals surface area (Å²) in [6, 6.07) is 4.89. The second-order valence-corrected chi connectivity index (χ2v) is 4.04. The quantitative estimate of drug-likeness (QED) is 0.491. The van der Waals surface area contributed by atoms with Gasteiger partial charge in [-0.3, -0.25) is 0 Å². The first-order valence-corrected chi connectivity index (χ1v) is 5.61. The maximum atomic E-state index is 11.3. The number of hydrogen-bond acceptors (Lipinski definition) is 4. The van der Waals surface area contributed by atoms with Crippen LogP contribution >= 0.6 is 11.6 Å². The fourth-order valence-electron chi connectivity index (χ4n) is 1.87. The van der Waals surface area contributed by atoms with Gasteiger partial charge in [0.05, 0.1) is 0 Å². The molecule has 0 saturated heterocycles. The molecule has 0 spiro atoms. The Morgan fingerprint density at radius 3 is 2.82 bits per heavy atom. The lowest BCUT2D eigenvalue weighted by atomic mass is 10.1. The third-order valence-electron chi connectivity index (χ3n) is 2.59. The highest BCUT2D eigenvalue weighted by atomic mass is 35.5. The second kappa shape index (κ2) is 3.60. The Kier molecular flexibility index (Phi) is 2.19. The van der Waals surface area contributed by atoms with Gasteiger partial charge in [0, 0.05) is 30.3 Å². The van der Waals surface area contributed by atoms with Gasteiger partial charge in [-0.05, 0) is 11.6 Å². The molecule has 0 aliphatic rings. The molecule has 2 heterocycles. The molecule has 4 nitrogen and oxygen atoms in total. The first kappa shape index (κ1) is 10.4. The minimum absolute atomic E-state index is 0.254. The lowest BCUT2D eigenvalue weighted by molar-refractivity contribution is 0.550. The van der Waals surface area contributed by atoms with Crippen LogP contribution in [0.4, 0.5) is 0 Å². The summed E-state index contributed by atoms with van der Waals surface area (Å²) >= 11 is 5.81. The number of oxazole rings is 1. The fraction of sp³-hybridized carbons (Fsp3) is 0.167. The molecule has 0 atom stereocenters. The monoisotopic (exact) mass is 249 g/mol. The summed E-state index contributed by atoms with van der Waals surface area (Å²) < 4.78 is 10.5. The van der Waals surface area contributed by atoms with E-state index in [1.807, 2.05) is 6.07 Å². The van der Waals surface area contributed by atoms with Crippen LogP contribution in [0.15, 0.2) is 31.8 Å². The van der Waals surface area contributed by atoms with Crippen LogP contribution < -0.4 is 5.63 Å². The van der Waals surface area contributed by atoms with Gasteiger partial charge in [0.2, 0.25) is 0 Å². The van der Waals surface area contributed by atoms with Crippen molar-refractivity contribution in [1.29, 1.82) is 0 Å². The zero-order chi connectivity index (χ0) is 12.0. The Hall–Kier alpha value is -1.81. The zero-order valence-electron chi connectivity index (χ0n) is 8.99. The van der Waals surface area contributed by atoms with Crippen molar-refractivity contribution in [3.05, 3.63) is 40.1 Å². The molecule has 0 bridgehead atoms. The smallest absolute Gasteiger partial charge is 0.336 e. The molecule has 0 N–H and O–H groups in total. The summed E-state index contributed by atoms with van der Waals surface area (Å²) in [5.41, 5.74) is 2.13. The molecule has 3 rings (SSSR count). The SMILES string of the molecule is Cc1nc2cc3c(CCl)cc(=O)oc3cc2o1. The van der Waals surface area contributed by atoms with Crippen molar-refractivity contribution in [3.63, 3.8) is 0 Å². The van der Waals surface area contributed by atoms with E-state index in [0.29, 0.717) is 17.1 Å². The Balaban J connectivity index is 2.50. The average Bonchev–Trinajstić information content (AvgIpc) is 2.64. The van der Waals surface area contributed by atoms with Gasteiger partial charge in [-0.1, -0.05) is 0 Å². The van der Waals surface area contributed by atoms with E-state index < -0.39 is 5.63 Å². The van der Waals surface area contributed by atoms with Crippen LogP contribution in [0.2, 0.25) is 0 Å². The van der Waals surface area contributed by atoms with Gasteiger partial charge in [0.1, 0.15) is 11.1 Å². The average molecular weight is 250 g/mol. The topological polar surface area (TPSA) is 56.2 Å². The molecule has 0 amide bonds. The van der Waals surface area contributed by atoms with E-state index in [1.54, 1.807) is 13.0 Å². The third kappa shape index (κ3) is 1.61. The highest BCUT2D eigenvalue weighted by Gasteiger charge is 2.09. The second-order valence-electron chi connectivity index (χ2n) is 3.77. The number of benzene rings is 1. The molecular weight excluding hydrogens is 242 g/mol. The van der Waals surface area contributed by atoms with E-state index in [9.17, 15) is 4.79 Å². The van der Waals surface area contributed by atoms with Crippen molar-refractivity contribution in [1.82, 2.24) is 4.98 Å². The normalized spacial score (nSPS) is 11.4. The maximum absolute atomic E-state index is 11.3. The third-order valence-corrected chi connectivity index (χ3v) is 2.88. The Morgan fingerprint density at radius 2 is 2.06 bits per heavy atom. The highest BCUT2D eigenvalue weighted by Crippen LogP contribution is 2.25. The van der Waals surface area contributed by atoms with Crippen molar-refractivity contribution < 1.29 is 8.83 Å². The van der Waals surface area contributed by atoms with Crippen molar-refractivity contribution >= 4 is 33.7 Å². The molecule has 86 valence electrons. The number of halogens is 1. The van der Waals surface area contributed by atoms with E-state index in [1.165, 1.54) is 6.07 Å². The van der Waals surface area contributed by atoms with Gasteiger partial charge in [-0.25, -0.2) is 9.78 Å². The van der Waals surface area contributed by atoms with E-state index in [2.05, 4.69) is 4.98 Å². The molecule has 1 aromatic carbocycles. The van der Waals surface area contributed by atoms with Crippen LogP contribution in [0.1, 0.15) is 11.5 Å². The number of hydrogen-bond donors (Lipinski definition) is 0. The summed E-state index contributed by atoms with van der Waals surface area (Å²) in [4.78, 5) is 15.6. The van der Waals surface area contributed by atoms with Gasteiger partial charge in [-0.2, -0.15) is 0 Å². The van der Waals surface area contributed by atoms with E-state index in [-0.39, 0.29) is 5.88 Å². The molecular formula is C12H8ClNO3. The predicted octanol–water partition coefficient (Wildman–Crippen LogP) is 2.98. The molecule has 3 aromatic rings. The van der Waals surface area contributed by atoms with Gasteiger partial charge >= 0.3 is 5.63 Å². The number of fused-ring (bicyclic) bond motifs is 2. The summed E-state index contributed by atoms with van der Waals surface area (Å²) in [6.07, 6.45) is 0. The fourth-order valence-corrected chi connectivity index (χ4v) is 2.10. The summed E-state index contributed by atoms with van der Waals surface area (Å²) in [5, 5.41) is 0.792. The lowest BCUT2D eigenvalue weighted by Gasteiger charge is -2.00. The Bertz CT molecular complexity index is 772. The first-order chi connectivity index (χ1) is 8.17. The standard InChI is InChI=1S/C12H8ClNO3/c1-6-14-9-3-8-7(5-13)2-12(15)17-10(8)4-11(9)16-6/h2-4H,5H2,1H3. The van der Waals surface area contributed by atoms with Crippen LogP contribution in [0.25, 0.3) is 22.1 Å². The van der Waals surface area contributed by atoms with Gasteiger partial charge in [0.25, 0.3) is 0 Å². The molecule has 0 unspecified atom stereocenters. The number of aryl methyl sites for hydroxylation is 1. The molecule has 0 saturated carbocycles. The summed E-state index contributed by atoms with van der Waals surface area (Å²) in [6.45, 7) is 1.77. The van der Waals surface area contributed by atoms with Crippen molar-refractivity contribution in [2.24, 2.45) is 0 Å². The Morgan fingerprint density at radius 1 is 1.24 bits per heavy atom. The predicted molar refractivity (Wildman–Crippen MR) is 64.3 cm³/mol. The molecule has 0 aliphatic heterocycles. The number of aromatic nitrogens is 1. The van der Waals surface area contributed by atoms with E-state index in [4.69, 9.17) is 20.4 Å². The highest BCUT2D eigenvalue weighted by molar-refractivity contribution is 6.18. The first-order valence-electron chi connectivity index (χ1n) is 5.07. The van der Waals surface area contributed by atoms with Crippen molar-refractivity contribution in [2.75, 3.05) is 0 Å². The zero-order valence-corrected chi connectivity index (χ0v) is 9.75. The van der Waals surface area contributed by atoms with Crippen LogP contribution in [-0.2, 0) is 5.88 Å². The number of rotatable bonds is 1. The van der Waals surface area contributed by atoms with Gasteiger partial charge in [-0.15, -0.1) is 11.6 Å². The Labute approximate surface area is 101 Å². The molecule has 0 aliphatic carbocycles. The van der Waals surface area contributed by atoms with Crippen LogP contribution in [0.5, 0.6) is 0 Å². The van der Waals surface area contributed by atoms with Gasteiger partial charge in [0.15, 0.2) is 11.5 Å². The molecule has 2 aromatic heterocycles. The minimum atomic E-state index is -0.413. The number of nitrogens with zero attached hydrogens (tertiary/aromatic N) is 1. The maximum Gasteiger partial charge on any atom is 0.336 e. The molecule has 17 heavy (non-hydrogen) atoms. The van der Waals surface area contributed by atoms with E-state index >= 15 is 0 Å². The minimum Gasteiger partial charge on any atom is -0.441 e. The van der Waals surface area contributed by atoms with Crippen LogP contribution in [0, 0.1) is 6.92 Å². The largest absolute Gasteiger partial charge is 0.441 e.